The van der Waals surface area contributed by atoms with Gasteiger partial charge in [-0.3, -0.25) is 29.4 Å². The van der Waals surface area contributed by atoms with E-state index in [4.69, 9.17) is 10.5 Å². The fourth-order valence-corrected chi connectivity index (χ4v) is 4.96. The topological polar surface area (TPSA) is 172 Å². The van der Waals surface area contributed by atoms with Gasteiger partial charge in [-0.25, -0.2) is 5.48 Å². The van der Waals surface area contributed by atoms with Gasteiger partial charge in [0.1, 0.15) is 11.8 Å². The number of hydrogen-bond acceptors (Lipinski definition) is 7. The number of carbonyl (C=O) groups is 4. The number of nitrogens with zero attached hydrogens (tertiary/aromatic N) is 1. The minimum absolute atomic E-state index is 0.0740. The van der Waals surface area contributed by atoms with Crippen LogP contribution in [0.15, 0.2) is 29.3 Å². The highest BCUT2D eigenvalue weighted by Crippen LogP contribution is 2.27. The first-order valence-corrected chi connectivity index (χ1v) is 14.7. The highest BCUT2D eigenvalue weighted by atomic mass is 16.5. The summed E-state index contributed by atoms with van der Waals surface area (Å²) in [5.41, 5.74) is 8.28. The van der Waals surface area contributed by atoms with Crippen molar-refractivity contribution in [3.05, 3.63) is 29.8 Å². The average Bonchev–Trinajstić information content (AvgIpc) is 2.96. The van der Waals surface area contributed by atoms with Crippen molar-refractivity contribution in [1.29, 1.82) is 0 Å². The highest BCUT2D eigenvalue weighted by molar-refractivity contribution is 5.94. The summed E-state index contributed by atoms with van der Waals surface area (Å²) in [5.74, 6) is -2.04. The molecule has 2 heterocycles. The largest absolute Gasteiger partial charge is 0.494 e. The number of benzene rings is 1. The van der Waals surface area contributed by atoms with Gasteiger partial charge in [0.2, 0.25) is 17.7 Å². The minimum Gasteiger partial charge on any atom is -0.494 e. The molecule has 0 radical (unpaired) electrons. The first kappa shape index (κ1) is 33.7. The molecule has 6 N–H and O–H groups in total. The van der Waals surface area contributed by atoms with Crippen LogP contribution in [0.5, 0.6) is 5.75 Å². The molecule has 0 aromatic heterocycles. The fourth-order valence-electron chi connectivity index (χ4n) is 4.96. The number of rotatable bonds is 12. The van der Waals surface area contributed by atoms with E-state index in [0.717, 1.165) is 5.56 Å². The van der Waals surface area contributed by atoms with Gasteiger partial charge in [-0.1, -0.05) is 39.8 Å². The molecule has 2 bridgehead atoms. The second kappa shape index (κ2) is 17.4. The molecular formula is C30H47N5O6. The van der Waals surface area contributed by atoms with Crippen molar-refractivity contribution >= 4 is 29.3 Å². The van der Waals surface area contributed by atoms with Crippen molar-refractivity contribution in [2.24, 2.45) is 28.5 Å². The fraction of sp³-hybridized carbons (Fsp3) is 0.633. The molecule has 3 amide bonds. The van der Waals surface area contributed by atoms with Crippen molar-refractivity contribution in [3.8, 4) is 5.75 Å². The number of carbonyl (C=O) groups excluding carboxylic acids is 4. The summed E-state index contributed by atoms with van der Waals surface area (Å²) in [5, 5.41) is 15.2. The molecule has 2 aliphatic heterocycles. The zero-order valence-corrected chi connectivity index (χ0v) is 24.8. The number of amidine groups is 1. The molecule has 0 spiro atoms. The van der Waals surface area contributed by atoms with E-state index in [0.29, 0.717) is 63.3 Å². The van der Waals surface area contributed by atoms with Crippen LogP contribution in [0.25, 0.3) is 0 Å². The van der Waals surface area contributed by atoms with Gasteiger partial charge < -0.3 is 21.1 Å². The van der Waals surface area contributed by atoms with Gasteiger partial charge in [-0.2, -0.15) is 0 Å². The van der Waals surface area contributed by atoms with E-state index in [2.05, 4.69) is 15.6 Å². The van der Waals surface area contributed by atoms with Crippen molar-refractivity contribution in [2.45, 2.75) is 91.1 Å². The highest BCUT2D eigenvalue weighted by Gasteiger charge is 2.36. The van der Waals surface area contributed by atoms with Crippen LogP contribution in [0.1, 0.15) is 78.2 Å². The number of fused-ring (bicyclic) bond motifs is 11. The van der Waals surface area contributed by atoms with Crippen molar-refractivity contribution in [2.75, 3.05) is 13.2 Å². The first-order valence-electron chi connectivity index (χ1n) is 14.7. The summed E-state index contributed by atoms with van der Waals surface area (Å²) in [6, 6.07) is 5.54. The van der Waals surface area contributed by atoms with Crippen LogP contribution in [0.4, 0.5) is 0 Å². The Hall–Kier alpha value is -3.47. The first-order chi connectivity index (χ1) is 19.6. The lowest BCUT2D eigenvalue weighted by Crippen LogP contribution is -2.54. The molecule has 2 aliphatic rings. The van der Waals surface area contributed by atoms with Gasteiger partial charge >= 0.3 is 0 Å². The van der Waals surface area contributed by atoms with Crippen LogP contribution in [0.3, 0.4) is 0 Å². The van der Waals surface area contributed by atoms with Gasteiger partial charge in [-0.05, 0) is 55.7 Å². The maximum Gasteiger partial charge on any atom is 0.247 e. The van der Waals surface area contributed by atoms with E-state index >= 15 is 0 Å². The lowest BCUT2D eigenvalue weighted by atomic mass is 9.81. The maximum absolute atomic E-state index is 13.7. The van der Waals surface area contributed by atoms with E-state index < -0.39 is 41.6 Å². The van der Waals surface area contributed by atoms with E-state index in [1.807, 2.05) is 32.9 Å². The molecule has 11 nitrogen and oxygen atoms in total. The minimum atomic E-state index is -0.995. The van der Waals surface area contributed by atoms with E-state index in [9.17, 15) is 24.4 Å². The number of Topliss-reactive ketones (excluding diaryl/α,β-unsaturated/α-hetero) is 1. The third-order valence-electron chi connectivity index (χ3n) is 7.30. The molecule has 4 atom stereocenters. The molecule has 228 valence electrons. The Kier molecular flexibility index (Phi) is 14.3. The molecule has 1 aromatic carbocycles. The maximum atomic E-state index is 13.7. The summed E-state index contributed by atoms with van der Waals surface area (Å²) in [6.45, 7) is 8.33. The van der Waals surface area contributed by atoms with Crippen LogP contribution in [0.2, 0.25) is 0 Å². The number of ether oxygens (including phenoxy) is 1. The molecular weight excluding hydrogens is 526 g/mol. The van der Waals surface area contributed by atoms with E-state index in [1.165, 1.54) is 0 Å². The van der Waals surface area contributed by atoms with Gasteiger partial charge in [0, 0.05) is 31.7 Å². The molecule has 11 heteroatoms. The Morgan fingerprint density at radius 1 is 1.15 bits per heavy atom. The summed E-state index contributed by atoms with van der Waals surface area (Å²) in [7, 11) is 0. The zero-order valence-electron chi connectivity index (χ0n) is 24.8. The smallest absolute Gasteiger partial charge is 0.247 e. The summed E-state index contributed by atoms with van der Waals surface area (Å²) < 4.78 is 5.81. The molecule has 0 unspecified atom stereocenters. The van der Waals surface area contributed by atoms with Crippen molar-refractivity contribution < 1.29 is 29.1 Å². The van der Waals surface area contributed by atoms with Crippen molar-refractivity contribution in [3.63, 3.8) is 0 Å². The molecule has 1 aromatic rings. The lowest BCUT2D eigenvalue weighted by molar-refractivity contribution is -0.142. The molecule has 0 saturated heterocycles. The predicted octanol–water partition coefficient (Wildman–Crippen LogP) is 2.68. The monoisotopic (exact) mass is 573 g/mol. The lowest BCUT2D eigenvalue weighted by Gasteiger charge is -2.29. The van der Waals surface area contributed by atoms with Crippen LogP contribution < -0.4 is 26.6 Å². The standard InChI is InChI=1S/C30H47N5O6/c1-5-26(36)24(10-7-15-32-27(31)6-2)33-30(39)25-18-20-11-13-21(14-12-20)41-16-8-9-22(29(38)35-40)23(17-19(3)4)28(37)34-25/h11-14,19,22-25,40H,5-10,15-18H2,1-4H3,(H2,31,32)(H,33,39)(H,34,37)(H,35,38)/t22-,23+,24-,25-/m0/s1. The van der Waals surface area contributed by atoms with Crippen LogP contribution >= 0.6 is 0 Å². The summed E-state index contributed by atoms with van der Waals surface area (Å²) in [6.07, 6.45) is 3.19. The molecule has 0 fully saturated rings. The van der Waals surface area contributed by atoms with E-state index in [1.54, 1.807) is 24.5 Å². The molecule has 0 saturated carbocycles. The normalized spacial score (nSPS) is 20.9. The number of nitrogens with two attached hydrogens (primary N) is 1. The van der Waals surface area contributed by atoms with E-state index in [-0.39, 0.29) is 24.5 Å². The van der Waals surface area contributed by atoms with Gasteiger partial charge in [0.15, 0.2) is 5.78 Å². The average molecular weight is 574 g/mol. The van der Waals surface area contributed by atoms with Crippen LogP contribution in [0, 0.1) is 17.8 Å². The Morgan fingerprint density at radius 2 is 1.85 bits per heavy atom. The Bertz CT molecular complexity index is 1040. The van der Waals surface area contributed by atoms with Gasteiger partial charge in [0.05, 0.1) is 24.4 Å². The molecule has 0 aliphatic carbocycles. The number of hydrogen-bond donors (Lipinski definition) is 5. The van der Waals surface area contributed by atoms with Crippen LogP contribution in [-0.4, -0.2) is 59.8 Å². The van der Waals surface area contributed by atoms with Crippen LogP contribution in [-0.2, 0) is 25.6 Å². The number of aliphatic imine (C=N–C) groups is 1. The second-order valence-corrected chi connectivity index (χ2v) is 11.0. The third-order valence-corrected chi connectivity index (χ3v) is 7.30. The quantitative estimate of drug-likeness (QED) is 0.0840. The zero-order chi connectivity index (χ0) is 30.4. The summed E-state index contributed by atoms with van der Waals surface area (Å²) in [4.78, 5) is 57.0. The van der Waals surface area contributed by atoms with Gasteiger partial charge in [-0.15, -0.1) is 0 Å². The number of hydroxylamine groups is 1. The Labute approximate surface area is 243 Å². The second-order valence-electron chi connectivity index (χ2n) is 11.0. The predicted molar refractivity (Wildman–Crippen MR) is 156 cm³/mol. The van der Waals surface area contributed by atoms with Crippen molar-refractivity contribution in [1.82, 2.24) is 16.1 Å². The third kappa shape index (κ3) is 11.1. The number of ketones is 1. The number of amides is 3. The molecule has 41 heavy (non-hydrogen) atoms. The number of nitrogens with one attached hydrogen (secondary N) is 3. The van der Waals surface area contributed by atoms with Gasteiger partial charge in [0.25, 0.3) is 0 Å². The Morgan fingerprint density at radius 3 is 2.46 bits per heavy atom. The SMILES string of the molecule is CCC(=O)[C@H](CCCN=C(N)CC)NC(=O)[C@@H]1Cc2ccc(cc2)OCCC[C@H](C(=O)NO)[C@@H](CC(C)C)C(=O)N1. The Balaban J connectivity index is 2.36. The summed E-state index contributed by atoms with van der Waals surface area (Å²) >= 11 is 0. The molecule has 3 rings (SSSR count).